The van der Waals surface area contributed by atoms with Gasteiger partial charge in [0.25, 0.3) is 0 Å². The van der Waals surface area contributed by atoms with E-state index in [0.717, 1.165) is 0 Å². The van der Waals surface area contributed by atoms with Crippen LogP contribution in [-0.4, -0.2) is 0 Å². The summed E-state index contributed by atoms with van der Waals surface area (Å²) in [6, 6.07) is 0. The Bertz CT molecular complexity index is 117. The van der Waals surface area contributed by atoms with E-state index in [1.165, 1.54) is 6.42 Å². The maximum atomic E-state index is 2.24. The Morgan fingerprint density at radius 3 is 1.70 bits per heavy atom. The van der Waals surface area contributed by atoms with Crippen molar-refractivity contribution >= 4 is 0 Å². The van der Waals surface area contributed by atoms with Crippen LogP contribution in [0, 0.1) is 5.41 Å². The van der Waals surface area contributed by atoms with Crippen molar-refractivity contribution in [3.05, 3.63) is 24.3 Å². The van der Waals surface area contributed by atoms with E-state index in [2.05, 4.69) is 38.2 Å². The maximum absolute atomic E-state index is 2.24. The number of hydrogen-bond donors (Lipinski definition) is 0. The maximum Gasteiger partial charge on any atom is 0.00363 e. The Kier molecular flexibility index (Phi) is 4.10. The molecule has 0 atom stereocenters. The fraction of sp³-hybridized carbons (Fsp3) is 0.600. The minimum atomic E-state index is 0.375. The molecule has 0 nitrogen and oxygen atoms in total. The standard InChI is InChI=1S/C8H12.C2H6/c1-3-8(2)6-4-5-7-8;1-2/h4-7H,3H2,1-2H3;1-2H3. The summed E-state index contributed by atoms with van der Waals surface area (Å²) in [6.07, 6.45) is 9.92. The summed E-state index contributed by atoms with van der Waals surface area (Å²) in [5, 5.41) is 0. The van der Waals surface area contributed by atoms with Gasteiger partial charge in [-0.15, -0.1) is 0 Å². The van der Waals surface area contributed by atoms with Crippen molar-refractivity contribution in [1.82, 2.24) is 0 Å². The second kappa shape index (κ2) is 4.32. The highest BCUT2D eigenvalue weighted by atomic mass is 14.2. The summed E-state index contributed by atoms with van der Waals surface area (Å²) < 4.78 is 0. The number of hydrogen-bond acceptors (Lipinski definition) is 0. The van der Waals surface area contributed by atoms with Gasteiger partial charge in [0.2, 0.25) is 0 Å². The van der Waals surface area contributed by atoms with Crippen LogP contribution in [0.25, 0.3) is 0 Å². The molecular formula is C10H18. The highest BCUT2D eigenvalue weighted by Gasteiger charge is 2.15. The molecule has 0 aromatic carbocycles. The molecule has 0 bridgehead atoms. The molecule has 0 saturated carbocycles. The molecule has 1 rings (SSSR count). The molecule has 0 heteroatoms. The molecule has 0 heterocycles. The van der Waals surface area contributed by atoms with Gasteiger partial charge >= 0.3 is 0 Å². The van der Waals surface area contributed by atoms with Gasteiger partial charge in [0.05, 0.1) is 0 Å². The lowest BCUT2D eigenvalue weighted by Gasteiger charge is -2.14. The molecule has 0 saturated heterocycles. The Morgan fingerprint density at radius 2 is 1.50 bits per heavy atom. The van der Waals surface area contributed by atoms with Gasteiger partial charge in [-0.1, -0.05) is 52.0 Å². The van der Waals surface area contributed by atoms with Crippen molar-refractivity contribution in [2.75, 3.05) is 0 Å². The lowest BCUT2D eigenvalue weighted by molar-refractivity contribution is 0.538. The lowest BCUT2D eigenvalue weighted by atomic mass is 9.90. The molecule has 0 aromatic heterocycles. The van der Waals surface area contributed by atoms with Gasteiger partial charge in [-0.05, 0) is 6.42 Å². The van der Waals surface area contributed by atoms with E-state index >= 15 is 0 Å². The normalized spacial score (nSPS) is 18.4. The van der Waals surface area contributed by atoms with Gasteiger partial charge in [-0.2, -0.15) is 0 Å². The zero-order chi connectivity index (χ0) is 8.04. The van der Waals surface area contributed by atoms with Crippen molar-refractivity contribution in [1.29, 1.82) is 0 Å². The van der Waals surface area contributed by atoms with Crippen LogP contribution in [0.1, 0.15) is 34.1 Å². The number of rotatable bonds is 1. The topological polar surface area (TPSA) is 0 Å². The highest BCUT2D eigenvalue weighted by Crippen LogP contribution is 2.28. The molecule has 0 radical (unpaired) electrons. The third-order valence-electron chi connectivity index (χ3n) is 1.83. The summed E-state index contributed by atoms with van der Waals surface area (Å²) in [5.74, 6) is 0. The van der Waals surface area contributed by atoms with Crippen molar-refractivity contribution < 1.29 is 0 Å². The minimum Gasteiger partial charge on any atom is -0.0748 e. The van der Waals surface area contributed by atoms with Gasteiger partial charge < -0.3 is 0 Å². The molecule has 0 amide bonds. The van der Waals surface area contributed by atoms with Gasteiger partial charge in [0.1, 0.15) is 0 Å². The molecule has 0 spiro atoms. The van der Waals surface area contributed by atoms with E-state index in [0.29, 0.717) is 5.41 Å². The van der Waals surface area contributed by atoms with Crippen molar-refractivity contribution in [2.45, 2.75) is 34.1 Å². The Morgan fingerprint density at radius 1 is 1.10 bits per heavy atom. The third kappa shape index (κ3) is 2.38. The van der Waals surface area contributed by atoms with Crippen LogP contribution in [0.3, 0.4) is 0 Å². The van der Waals surface area contributed by atoms with E-state index in [9.17, 15) is 0 Å². The summed E-state index contributed by atoms with van der Waals surface area (Å²) >= 11 is 0. The molecule has 0 aliphatic heterocycles. The first kappa shape index (κ1) is 9.48. The molecule has 0 unspecified atom stereocenters. The van der Waals surface area contributed by atoms with Crippen LogP contribution < -0.4 is 0 Å². The molecular weight excluding hydrogens is 120 g/mol. The molecule has 0 fully saturated rings. The van der Waals surface area contributed by atoms with E-state index < -0.39 is 0 Å². The molecule has 0 aromatic rings. The quantitative estimate of drug-likeness (QED) is 0.519. The summed E-state index contributed by atoms with van der Waals surface area (Å²) in [6.45, 7) is 8.45. The van der Waals surface area contributed by atoms with E-state index in [1.54, 1.807) is 0 Å². The molecule has 58 valence electrons. The lowest BCUT2D eigenvalue weighted by Crippen LogP contribution is -2.03. The van der Waals surface area contributed by atoms with Gasteiger partial charge in [0.15, 0.2) is 0 Å². The fourth-order valence-corrected chi connectivity index (χ4v) is 0.842. The Hall–Kier alpha value is -0.520. The van der Waals surface area contributed by atoms with Crippen molar-refractivity contribution in [3.63, 3.8) is 0 Å². The largest absolute Gasteiger partial charge is 0.0748 e. The van der Waals surface area contributed by atoms with Gasteiger partial charge in [0, 0.05) is 5.41 Å². The smallest absolute Gasteiger partial charge is 0.00363 e. The zero-order valence-electron chi connectivity index (χ0n) is 7.52. The van der Waals surface area contributed by atoms with Gasteiger partial charge in [-0.25, -0.2) is 0 Å². The van der Waals surface area contributed by atoms with Crippen LogP contribution in [0.4, 0.5) is 0 Å². The van der Waals surface area contributed by atoms with Crippen LogP contribution in [0.5, 0.6) is 0 Å². The molecule has 1 aliphatic rings. The van der Waals surface area contributed by atoms with Crippen LogP contribution in [-0.2, 0) is 0 Å². The Balaban J connectivity index is 0.000000371. The van der Waals surface area contributed by atoms with E-state index in [1.807, 2.05) is 13.8 Å². The average Bonchev–Trinajstić information content (AvgIpc) is 2.42. The van der Waals surface area contributed by atoms with Crippen LogP contribution >= 0.6 is 0 Å². The summed E-state index contributed by atoms with van der Waals surface area (Å²) in [7, 11) is 0. The highest BCUT2D eigenvalue weighted by molar-refractivity contribution is 5.22. The zero-order valence-corrected chi connectivity index (χ0v) is 7.52. The summed E-state index contributed by atoms with van der Waals surface area (Å²) in [5.41, 5.74) is 0.375. The van der Waals surface area contributed by atoms with Crippen LogP contribution in [0.15, 0.2) is 24.3 Å². The van der Waals surface area contributed by atoms with E-state index in [4.69, 9.17) is 0 Å². The molecule has 10 heavy (non-hydrogen) atoms. The molecule has 0 N–H and O–H groups in total. The first-order valence-electron chi connectivity index (χ1n) is 4.14. The van der Waals surface area contributed by atoms with Crippen molar-refractivity contribution in [2.24, 2.45) is 5.41 Å². The number of allylic oxidation sites excluding steroid dienone is 4. The molecule has 1 aliphatic carbocycles. The predicted octanol–water partition coefficient (Wildman–Crippen LogP) is 3.55. The fourth-order valence-electron chi connectivity index (χ4n) is 0.842. The van der Waals surface area contributed by atoms with E-state index in [-0.39, 0.29) is 0 Å². The SMILES string of the molecule is CC.CCC1(C)C=CC=C1. The van der Waals surface area contributed by atoms with Crippen LogP contribution in [0.2, 0.25) is 0 Å². The second-order valence-corrected chi connectivity index (χ2v) is 2.58. The average molecular weight is 138 g/mol. The monoisotopic (exact) mass is 138 g/mol. The first-order chi connectivity index (χ1) is 4.77. The Labute approximate surface area is 64.6 Å². The van der Waals surface area contributed by atoms with Gasteiger partial charge in [-0.3, -0.25) is 0 Å². The third-order valence-corrected chi connectivity index (χ3v) is 1.83. The second-order valence-electron chi connectivity index (χ2n) is 2.58. The van der Waals surface area contributed by atoms with Crippen molar-refractivity contribution in [3.8, 4) is 0 Å². The first-order valence-corrected chi connectivity index (χ1v) is 4.14. The minimum absolute atomic E-state index is 0.375. The summed E-state index contributed by atoms with van der Waals surface area (Å²) in [4.78, 5) is 0. The predicted molar refractivity (Wildman–Crippen MR) is 48.0 cm³/mol.